The number of aryl methyl sites for hydroxylation is 1. The molecule has 1 aliphatic rings. The van der Waals surface area contributed by atoms with Crippen molar-refractivity contribution in [2.75, 3.05) is 6.54 Å². The van der Waals surface area contributed by atoms with Crippen LogP contribution in [0.4, 0.5) is 0 Å². The number of fused-ring (bicyclic) bond motifs is 1. The predicted molar refractivity (Wildman–Crippen MR) is 111 cm³/mol. The molecule has 4 nitrogen and oxygen atoms in total. The molecule has 0 fully saturated rings. The maximum Gasteiger partial charge on any atom is 0.128 e. The summed E-state index contributed by atoms with van der Waals surface area (Å²) in [4.78, 5) is 16.4. The zero-order valence-electron chi connectivity index (χ0n) is 15.5. The molecule has 0 unspecified atom stereocenters. The first-order valence-corrected chi connectivity index (χ1v) is 10.3. The fraction of sp³-hybridized carbons (Fsp3) is 0.318. The summed E-state index contributed by atoms with van der Waals surface area (Å²) in [7, 11) is 0. The lowest BCUT2D eigenvalue weighted by atomic mass is 10.1. The van der Waals surface area contributed by atoms with Crippen molar-refractivity contribution in [1.82, 2.24) is 19.9 Å². The molecule has 3 heterocycles. The Morgan fingerprint density at radius 3 is 2.63 bits per heavy atom. The van der Waals surface area contributed by atoms with Gasteiger partial charge < -0.3 is 0 Å². The second-order valence-electron chi connectivity index (χ2n) is 7.03. The van der Waals surface area contributed by atoms with Crippen LogP contribution in [0.15, 0.2) is 53.3 Å². The van der Waals surface area contributed by atoms with E-state index in [9.17, 15) is 0 Å². The zero-order valence-corrected chi connectivity index (χ0v) is 17.1. The standard InChI is InChI=1S/C22H23BrN4/c1-2-3-22-25-13-18-15-27(11-10-21(18)26-22)14-16-4-9-20(24-12-16)17-5-7-19(23)8-6-17/h4-9,12-13H,2-3,10-11,14-15H2,1H3. The summed E-state index contributed by atoms with van der Waals surface area (Å²) in [6.07, 6.45) is 7.07. The van der Waals surface area contributed by atoms with Crippen molar-refractivity contribution in [3.8, 4) is 11.3 Å². The van der Waals surface area contributed by atoms with E-state index in [1.165, 1.54) is 16.8 Å². The molecule has 2 aromatic heterocycles. The summed E-state index contributed by atoms with van der Waals surface area (Å²) in [5, 5.41) is 0. The van der Waals surface area contributed by atoms with E-state index in [0.717, 1.165) is 60.5 Å². The lowest BCUT2D eigenvalue weighted by molar-refractivity contribution is 0.242. The molecule has 0 saturated heterocycles. The van der Waals surface area contributed by atoms with Gasteiger partial charge in [0.15, 0.2) is 0 Å². The highest BCUT2D eigenvalue weighted by atomic mass is 79.9. The Labute approximate surface area is 168 Å². The summed E-state index contributed by atoms with van der Waals surface area (Å²) in [6, 6.07) is 12.5. The SMILES string of the molecule is CCCc1ncc2c(n1)CCN(Cc1ccc(-c3ccc(Br)cc3)nc1)C2. The molecular weight excluding hydrogens is 400 g/mol. The summed E-state index contributed by atoms with van der Waals surface area (Å²) in [5.74, 6) is 0.984. The van der Waals surface area contributed by atoms with Crippen LogP contribution in [0.5, 0.6) is 0 Å². The van der Waals surface area contributed by atoms with Crippen molar-refractivity contribution < 1.29 is 0 Å². The van der Waals surface area contributed by atoms with Crippen LogP contribution < -0.4 is 0 Å². The van der Waals surface area contributed by atoms with Crippen LogP contribution in [0.3, 0.4) is 0 Å². The molecule has 0 spiro atoms. The van der Waals surface area contributed by atoms with Crippen LogP contribution in [-0.2, 0) is 25.9 Å². The van der Waals surface area contributed by atoms with Gasteiger partial charge in [-0.15, -0.1) is 0 Å². The maximum atomic E-state index is 4.74. The van der Waals surface area contributed by atoms with Crippen molar-refractivity contribution >= 4 is 15.9 Å². The molecule has 0 saturated carbocycles. The first-order chi connectivity index (χ1) is 13.2. The van der Waals surface area contributed by atoms with Crippen LogP contribution >= 0.6 is 15.9 Å². The van der Waals surface area contributed by atoms with Crippen LogP contribution in [0.2, 0.25) is 0 Å². The van der Waals surface area contributed by atoms with E-state index in [-0.39, 0.29) is 0 Å². The van der Waals surface area contributed by atoms with Crippen LogP contribution in [0.25, 0.3) is 11.3 Å². The van der Waals surface area contributed by atoms with E-state index in [0.29, 0.717) is 0 Å². The van der Waals surface area contributed by atoms with Gasteiger partial charge in [0.25, 0.3) is 0 Å². The molecular formula is C22H23BrN4. The number of hydrogen-bond donors (Lipinski definition) is 0. The lowest BCUT2D eigenvalue weighted by Gasteiger charge is -2.28. The summed E-state index contributed by atoms with van der Waals surface area (Å²) in [5.41, 5.74) is 5.88. The van der Waals surface area contributed by atoms with E-state index in [1.54, 1.807) is 0 Å². The van der Waals surface area contributed by atoms with Crippen molar-refractivity contribution in [1.29, 1.82) is 0 Å². The van der Waals surface area contributed by atoms with Gasteiger partial charge in [-0.05, 0) is 30.2 Å². The van der Waals surface area contributed by atoms with Gasteiger partial charge in [0.05, 0.1) is 5.69 Å². The average molecular weight is 423 g/mol. The number of pyridine rings is 1. The molecule has 0 radical (unpaired) electrons. The van der Waals surface area contributed by atoms with Crippen LogP contribution in [0.1, 0.15) is 36.0 Å². The Balaban J connectivity index is 1.42. The van der Waals surface area contributed by atoms with Gasteiger partial charge in [0.1, 0.15) is 5.82 Å². The van der Waals surface area contributed by atoms with Crippen LogP contribution in [0, 0.1) is 0 Å². The molecule has 0 amide bonds. The molecule has 0 aliphatic carbocycles. The van der Waals surface area contributed by atoms with E-state index >= 15 is 0 Å². The Kier molecular flexibility index (Phi) is 5.60. The minimum atomic E-state index is 0.907. The summed E-state index contributed by atoms with van der Waals surface area (Å²) < 4.78 is 1.08. The van der Waals surface area contributed by atoms with Crippen molar-refractivity contribution in [2.45, 2.75) is 39.3 Å². The third kappa shape index (κ3) is 4.42. The highest BCUT2D eigenvalue weighted by molar-refractivity contribution is 9.10. The smallest absolute Gasteiger partial charge is 0.128 e. The van der Waals surface area contributed by atoms with Gasteiger partial charge in [0, 0.05) is 66.2 Å². The third-order valence-corrected chi connectivity index (χ3v) is 5.44. The normalized spacial score (nSPS) is 14.1. The van der Waals surface area contributed by atoms with E-state index in [1.807, 2.05) is 24.5 Å². The number of nitrogens with zero attached hydrogens (tertiary/aromatic N) is 4. The first kappa shape index (κ1) is 18.3. The first-order valence-electron chi connectivity index (χ1n) is 9.48. The van der Waals surface area contributed by atoms with E-state index < -0.39 is 0 Å². The molecule has 138 valence electrons. The lowest BCUT2D eigenvalue weighted by Crippen LogP contribution is -2.31. The second kappa shape index (κ2) is 8.28. The van der Waals surface area contributed by atoms with Gasteiger partial charge in [-0.3, -0.25) is 9.88 Å². The van der Waals surface area contributed by atoms with Crippen LogP contribution in [-0.4, -0.2) is 26.4 Å². The number of benzene rings is 1. The molecule has 5 heteroatoms. The van der Waals surface area contributed by atoms with Gasteiger partial charge in [-0.25, -0.2) is 9.97 Å². The summed E-state index contributed by atoms with van der Waals surface area (Å²) >= 11 is 3.47. The van der Waals surface area contributed by atoms with E-state index in [2.05, 4.69) is 62.0 Å². The average Bonchev–Trinajstić information content (AvgIpc) is 2.70. The minimum Gasteiger partial charge on any atom is -0.294 e. The second-order valence-corrected chi connectivity index (χ2v) is 7.94. The predicted octanol–water partition coefficient (Wildman–Crippen LogP) is 4.81. The quantitative estimate of drug-likeness (QED) is 0.591. The largest absolute Gasteiger partial charge is 0.294 e. The van der Waals surface area contributed by atoms with Crippen molar-refractivity contribution in [3.05, 3.63) is 75.9 Å². The monoisotopic (exact) mass is 422 g/mol. The Bertz CT molecular complexity index is 907. The molecule has 0 bridgehead atoms. The molecule has 3 aromatic rings. The van der Waals surface area contributed by atoms with Crippen molar-refractivity contribution in [2.24, 2.45) is 0 Å². The molecule has 0 atom stereocenters. The summed E-state index contributed by atoms with van der Waals surface area (Å²) in [6.45, 7) is 5.02. The zero-order chi connectivity index (χ0) is 18.6. The number of rotatable bonds is 5. The highest BCUT2D eigenvalue weighted by Gasteiger charge is 2.18. The number of aromatic nitrogens is 3. The third-order valence-electron chi connectivity index (χ3n) is 4.91. The highest BCUT2D eigenvalue weighted by Crippen LogP contribution is 2.22. The Morgan fingerprint density at radius 2 is 1.89 bits per heavy atom. The van der Waals surface area contributed by atoms with Gasteiger partial charge in [0.2, 0.25) is 0 Å². The Hall–Kier alpha value is -2.11. The fourth-order valence-electron chi connectivity index (χ4n) is 3.46. The fourth-order valence-corrected chi connectivity index (χ4v) is 3.73. The molecule has 0 N–H and O–H groups in total. The molecule has 1 aromatic carbocycles. The molecule has 27 heavy (non-hydrogen) atoms. The van der Waals surface area contributed by atoms with Crippen molar-refractivity contribution in [3.63, 3.8) is 0 Å². The van der Waals surface area contributed by atoms with Gasteiger partial charge in [-0.1, -0.05) is 41.1 Å². The van der Waals surface area contributed by atoms with E-state index in [4.69, 9.17) is 4.98 Å². The van der Waals surface area contributed by atoms with Gasteiger partial charge in [-0.2, -0.15) is 0 Å². The number of halogens is 1. The topological polar surface area (TPSA) is 41.9 Å². The Morgan fingerprint density at radius 1 is 1.04 bits per heavy atom. The molecule has 4 rings (SSSR count). The number of hydrogen-bond acceptors (Lipinski definition) is 4. The molecule has 1 aliphatic heterocycles. The maximum absolute atomic E-state index is 4.74. The minimum absolute atomic E-state index is 0.907. The van der Waals surface area contributed by atoms with Gasteiger partial charge >= 0.3 is 0 Å².